The number of benzene rings is 2. The van der Waals surface area contributed by atoms with Gasteiger partial charge in [0.1, 0.15) is 23.0 Å². The highest BCUT2D eigenvalue weighted by Crippen LogP contribution is 2.39. The van der Waals surface area contributed by atoms with E-state index in [1.807, 2.05) is 0 Å². The molecule has 0 aromatic heterocycles. The van der Waals surface area contributed by atoms with Gasteiger partial charge in [-0.3, -0.25) is 0 Å². The van der Waals surface area contributed by atoms with Gasteiger partial charge in [-0.05, 0) is 84.6 Å². The van der Waals surface area contributed by atoms with E-state index < -0.39 is 0 Å². The molecule has 0 aliphatic carbocycles. The molecule has 2 nitrogen and oxygen atoms in total. The third-order valence-electron chi connectivity index (χ3n) is 6.07. The van der Waals surface area contributed by atoms with Crippen LogP contribution in [0.15, 0.2) is 24.3 Å². The number of anilines is 1. The zero-order chi connectivity index (χ0) is 19.4. The number of aryl methyl sites for hydroxylation is 6. The van der Waals surface area contributed by atoms with Gasteiger partial charge in [-0.15, -0.1) is 0 Å². The van der Waals surface area contributed by atoms with Crippen LogP contribution in [0, 0.1) is 41.5 Å². The van der Waals surface area contributed by atoms with Crippen molar-refractivity contribution < 1.29 is 4.58 Å². The Bertz CT molecular complexity index is 856. The number of hydrogen-bond donors (Lipinski definition) is 0. The van der Waals surface area contributed by atoms with Gasteiger partial charge < -0.3 is 0 Å². The molecule has 1 atom stereocenters. The second-order valence-corrected chi connectivity index (χ2v) is 8.72. The zero-order valence-corrected chi connectivity index (χ0v) is 17.9. The molecular formula is C24H33N2+. The van der Waals surface area contributed by atoms with Crippen molar-refractivity contribution in [3.63, 3.8) is 0 Å². The first-order chi connectivity index (χ1) is 12.0. The van der Waals surface area contributed by atoms with Crippen LogP contribution in [-0.4, -0.2) is 22.5 Å². The van der Waals surface area contributed by atoms with Gasteiger partial charge in [0, 0.05) is 0 Å². The molecule has 1 unspecified atom stereocenters. The van der Waals surface area contributed by atoms with Crippen molar-refractivity contribution in [3.05, 3.63) is 57.6 Å². The summed E-state index contributed by atoms with van der Waals surface area (Å²) in [7, 11) is 0. The van der Waals surface area contributed by atoms with Gasteiger partial charge in [0.05, 0.1) is 0 Å². The summed E-state index contributed by atoms with van der Waals surface area (Å²) in [4.78, 5) is 2.49. The first kappa shape index (κ1) is 18.7. The van der Waals surface area contributed by atoms with Crippen LogP contribution in [0.25, 0.3) is 0 Å². The largest absolute Gasteiger partial charge is 0.245 e. The fourth-order valence-corrected chi connectivity index (χ4v) is 4.64. The molecule has 138 valence electrons. The first-order valence-corrected chi connectivity index (χ1v) is 9.62. The highest BCUT2D eigenvalue weighted by molar-refractivity contribution is 5.84. The topological polar surface area (TPSA) is 6.25 Å². The number of hydrogen-bond acceptors (Lipinski definition) is 1. The van der Waals surface area contributed by atoms with Crippen molar-refractivity contribution in [3.8, 4) is 0 Å². The van der Waals surface area contributed by atoms with Crippen LogP contribution in [0.2, 0.25) is 0 Å². The molecule has 0 N–H and O–H groups in total. The van der Waals surface area contributed by atoms with Gasteiger partial charge in [0.25, 0.3) is 0 Å². The highest BCUT2D eigenvalue weighted by atomic mass is 15.3. The quantitative estimate of drug-likeness (QED) is 0.612. The molecule has 0 spiro atoms. The van der Waals surface area contributed by atoms with E-state index in [9.17, 15) is 0 Å². The van der Waals surface area contributed by atoms with E-state index in [1.54, 1.807) is 0 Å². The number of rotatable bonds is 2. The van der Waals surface area contributed by atoms with E-state index in [4.69, 9.17) is 0 Å². The Balaban J connectivity index is 2.21. The monoisotopic (exact) mass is 349 g/mol. The van der Waals surface area contributed by atoms with Gasteiger partial charge >= 0.3 is 0 Å². The predicted molar refractivity (Wildman–Crippen MR) is 113 cm³/mol. The number of nitrogens with zero attached hydrogens (tertiary/aromatic N) is 2. The Morgan fingerprint density at radius 2 is 1.19 bits per heavy atom. The van der Waals surface area contributed by atoms with Crippen molar-refractivity contribution in [1.29, 1.82) is 0 Å². The molecule has 2 aromatic rings. The van der Waals surface area contributed by atoms with Crippen molar-refractivity contribution in [2.45, 2.75) is 73.9 Å². The van der Waals surface area contributed by atoms with Crippen LogP contribution < -0.4 is 4.90 Å². The average Bonchev–Trinajstić information content (AvgIpc) is 2.70. The van der Waals surface area contributed by atoms with Gasteiger partial charge in [0.2, 0.25) is 6.34 Å². The van der Waals surface area contributed by atoms with Crippen molar-refractivity contribution in [2.24, 2.45) is 0 Å². The molecule has 2 aromatic carbocycles. The van der Waals surface area contributed by atoms with Crippen molar-refractivity contribution >= 4 is 17.7 Å². The summed E-state index contributed by atoms with van der Waals surface area (Å²) in [6.07, 6.45) is 2.33. The highest BCUT2D eigenvalue weighted by Gasteiger charge is 2.49. The van der Waals surface area contributed by atoms with Gasteiger partial charge in [-0.1, -0.05) is 35.4 Å². The maximum Gasteiger partial charge on any atom is 0.245 e. The molecule has 0 bridgehead atoms. The molecular weight excluding hydrogens is 316 g/mol. The third kappa shape index (κ3) is 2.86. The first-order valence-electron chi connectivity index (χ1n) is 9.62. The van der Waals surface area contributed by atoms with Crippen LogP contribution in [0.3, 0.4) is 0 Å². The molecule has 26 heavy (non-hydrogen) atoms. The molecule has 0 amide bonds. The minimum Gasteiger partial charge on any atom is -0.226 e. The smallest absolute Gasteiger partial charge is 0.226 e. The Labute approximate surface area is 159 Å². The van der Waals surface area contributed by atoms with Gasteiger partial charge in [-0.2, -0.15) is 0 Å². The lowest BCUT2D eigenvalue weighted by Crippen LogP contribution is -2.47. The average molecular weight is 350 g/mol. The molecule has 1 aliphatic rings. The maximum absolute atomic E-state index is 2.49. The van der Waals surface area contributed by atoms with Crippen LogP contribution in [0.5, 0.6) is 0 Å². The Kier molecular flexibility index (Phi) is 4.50. The summed E-state index contributed by atoms with van der Waals surface area (Å²) in [5.74, 6) is 0. The summed E-state index contributed by atoms with van der Waals surface area (Å²) in [6, 6.07) is 9.55. The van der Waals surface area contributed by atoms with Crippen LogP contribution in [0.4, 0.5) is 11.4 Å². The van der Waals surface area contributed by atoms with E-state index in [0.717, 1.165) is 0 Å². The van der Waals surface area contributed by atoms with Gasteiger partial charge in [-0.25, -0.2) is 9.48 Å². The maximum atomic E-state index is 2.49. The van der Waals surface area contributed by atoms with E-state index in [-0.39, 0.29) is 5.54 Å². The summed E-state index contributed by atoms with van der Waals surface area (Å²) < 4.78 is 2.48. The second-order valence-electron chi connectivity index (χ2n) is 8.72. The summed E-state index contributed by atoms with van der Waals surface area (Å²) >= 11 is 0. The van der Waals surface area contributed by atoms with E-state index in [0.29, 0.717) is 6.04 Å². The van der Waals surface area contributed by atoms with Crippen LogP contribution in [0.1, 0.15) is 54.2 Å². The molecule has 2 heteroatoms. The van der Waals surface area contributed by atoms with Crippen molar-refractivity contribution in [1.82, 2.24) is 0 Å². The molecule has 1 aliphatic heterocycles. The fraction of sp³-hybridized carbons (Fsp3) is 0.458. The zero-order valence-electron chi connectivity index (χ0n) is 17.9. The standard InChI is InChI=1S/C24H33N2/c1-15-10-17(3)22(18(4)11-15)25-14-26(24(8,9)21(25)7)23-19(5)12-16(2)13-20(23)6/h10-14,21H,1-9H3/q+1. The lowest BCUT2D eigenvalue weighted by atomic mass is 9.92. The summed E-state index contributed by atoms with van der Waals surface area (Å²) in [5, 5.41) is 0. The minimum absolute atomic E-state index is 0.00848. The third-order valence-corrected chi connectivity index (χ3v) is 6.07. The Morgan fingerprint density at radius 1 is 0.769 bits per heavy atom. The molecule has 0 saturated heterocycles. The van der Waals surface area contributed by atoms with Gasteiger partial charge in [0.15, 0.2) is 0 Å². The molecule has 0 saturated carbocycles. The van der Waals surface area contributed by atoms with E-state index in [1.165, 1.54) is 44.8 Å². The summed E-state index contributed by atoms with van der Waals surface area (Å²) in [5.41, 5.74) is 10.7. The Hall–Kier alpha value is -2.09. The molecule has 0 radical (unpaired) electrons. The van der Waals surface area contributed by atoms with Crippen LogP contribution in [-0.2, 0) is 0 Å². The minimum atomic E-state index is 0.00848. The predicted octanol–water partition coefficient (Wildman–Crippen LogP) is 5.90. The van der Waals surface area contributed by atoms with E-state index in [2.05, 4.69) is 102 Å². The lowest BCUT2D eigenvalue weighted by Gasteiger charge is -2.30. The van der Waals surface area contributed by atoms with E-state index >= 15 is 0 Å². The Morgan fingerprint density at radius 3 is 1.65 bits per heavy atom. The second kappa shape index (κ2) is 6.26. The lowest BCUT2D eigenvalue weighted by molar-refractivity contribution is -0.475. The van der Waals surface area contributed by atoms with Crippen LogP contribution >= 0.6 is 0 Å². The molecule has 0 fully saturated rings. The molecule has 1 heterocycles. The SMILES string of the molecule is Cc1cc(C)c(N2C=[N+](c3c(C)cc(C)cc3C)C(C)C2(C)C)c(C)c1. The van der Waals surface area contributed by atoms with Crippen molar-refractivity contribution in [2.75, 3.05) is 4.90 Å². The summed E-state index contributed by atoms with van der Waals surface area (Å²) in [6.45, 7) is 20.3. The normalized spacial score (nSPS) is 19.0. The fourth-order valence-electron chi connectivity index (χ4n) is 4.64. The molecule has 3 rings (SSSR count).